The van der Waals surface area contributed by atoms with Crippen molar-refractivity contribution in [3.05, 3.63) is 89.6 Å². The van der Waals surface area contributed by atoms with Gasteiger partial charge >= 0.3 is 0 Å². The SMILES string of the molecule is COc1cc(C(=O)N2CC[C@@H](NC(=O)c3ccccc3)[C@H](c3ccccc3)C2Cl)cnc1OC. The van der Waals surface area contributed by atoms with Crippen molar-refractivity contribution in [1.82, 2.24) is 15.2 Å². The van der Waals surface area contributed by atoms with E-state index in [0.717, 1.165) is 5.56 Å². The van der Waals surface area contributed by atoms with Crippen molar-refractivity contribution < 1.29 is 19.1 Å². The molecule has 1 saturated heterocycles. The third-order valence-electron chi connectivity index (χ3n) is 5.98. The Morgan fingerprint density at radius 3 is 2.32 bits per heavy atom. The van der Waals surface area contributed by atoms with Gasteiger partial charge in [0.25, 0.3) is 17.7 Å². The number of hydrogen-bond acceptors (Lipinski definition) is 5. The second-order valence-electron chi connectivity index (χ2n) is 7.98. The standard InChI is InChI=1S/C26H26ClN3O4/c1-33-21-15-19(16-28-25(21)34-2)26(32)30-14-13-20(29-24(31)18-11-7-4-8-12-18)22(23(30)27)17-9-5-3-6-10-17/h3-12,15-16,20,22-23H,13-14H2,1-2H3,(H,29,31)/t20-,22+,23?/m1/s1. The number of pyridine rings is 1. The lowest BCUT2D eigenvalue weighted by Crippen LogP contribution is -2.55. The molecule has 3 atom stereocenters. The molecule has 1 aliphatic heterocycles. The van der Waals surface area contributed by atoms with Crippen LogP contribution in [0, 0.1) is 0 Å². The van der Waals surface area contributed by atoms with Crippen LogP contribution in [0.2, 0.25) is 0 Å². The molecule has 0 spiro atoms. The molecule has 0 saturated carbocycles. The van der Waals surface area contributed by atoms with E-state index in [1.54, 1.807) is 23.1 Å². The maximum atomic E-state index is 13.4. The molecule has 2 aromatic carbocycles. The smallest absolute Gasteiger partial charge is 0.256 e. The third kappa shape index (κ3) is 4.84. The van der Waals surface area contributed by atoms with E-state index in [4.69, 9.17) is 21.1 Å². The first kappa shape index (κ1) is 23.6. The fourth-order valence-corrected chi connectivity index (χ4v) is 4.77. The van der Waals surface area contributed by atoms with E-state index in [9.17, 15) is 9.59 Å². The molecule has 2 amide bonds. The van der Waals surface area contributed by atoms with E-state index in [1.807, 2.05) is 48.5 Å². The number of carbonyl (C=O) groups is 2. The van der Waals surface area contributed by atoms with Crippen LogP contribution in [0.3, 0.4) is 0 Å². The number of ether oxygens (including phenoxy) is 2. The largest absolute Gasteiger partial charge is 0.491 e. The summed E-state index contributed by atoms with van der Waals surface area (Å²) in [7, 11) is 2.98. The zero-order chi connectivity index (χ0) is 24.1. The summed E-state index contributed by atoms with van der Waals surface area (Å²) in [4.78, 5) is 32.1. The van der Waals surface area contributed by atoms with E-state index in [2.05, 4.69) is 10.3 Å². The van der Waals surface area contributed by atoms with Gasteiger partial charge in [-0.05, 0) is 24.1 Å². The number of halogens is 1. The Balaban J connectivity index is 1.61. The fraction of sp³-hybridized carbons (Fsp3) is 0.269. The molecule has 0 radical (unpaired) electrons. The average Bonchev–Trinajstić information content (AvgIpc) is 2.89. The van der Waals surface area contributed by atoms with E-state index in [1.165, 1.54) is 20.4 Å². The molecule has 34 heavy (non-hydrogen) atoms. The van der Waals surface area contributed by atoms with Crippen molar-refractivity contribution >= 4 is 23.4 Å². The van der Waals surface area contributed by atoms with Crippen molar-refractivity contribution in [3.63, 3.8) is 0 Å². The lowest BCUT2D eigenvalue weighted by Gasteiger charge is -2.43. The Hall–Kier alpha value is -3.58. The lowest BCUT2D eigenvalue weighted by atomic mass is 9.85. The van der Waals surface area contributed by atoms with Gasteiger partial charge in [0.2, 0.25) is 0 Å². The van der Waals surface area contributed by atoms with Crippen molar-refractivity contribution in [2.24, 2.45) is 0 Å². The highest BCUT2D eigenvalue weighted by atomic mass is 35.5. The first-order chi connectivity index (χ1) is 16.5. The van der Waals surface area contributed by atoms with Crippen LogP contribution < -0.4 is 14.8 Å². The summed E-state index contributed by atoms with van der Waals surface area (Å²) in [5, 5.41) is 3.14. The number of carbonyl (C=O) groups excluding carboxylic acids is 2. The number of benzene rings is 2. The predicted molar refractivity (Wildman–Crippen MR) is 130 cm³/mol. The van der Waals surface area contributed by atoms with E-state index in [0.29, 0.717) is 35.7 Å². The number of aromatic nitrogens is 1. The van der Waals surface area contributed by atoms with Crippen LogP contribution in [0.15, 0.2) is 72.9 Å². The summed E-state index contributed by atoms with van der Waals surface area (Å²) in [5.41, 5.74) is 1.19. The number of piperidine rings is 1. The summed E-state index contributed by atoms with van der Waals surface area (Å²) >= 11 is 6.96. The van der Waals surface area contributed by atoms with Crippen LogP contribution in [0.5, 0.6) is 11.6 Å². The van der Waals surface area contributed by atoms with Crippen molar-refractivity contribution in [3.8, 4) is 11.6 Å². The molecule has 1 aromatic heterocycles. The summed E-state index contributed by atoms with van der Waals surface area (Å²) in [6, 6.07) is 20.1. The van der Waals surface area contributed by atoms with Gasteiger partial charge in [-0.15, -0.1) is 0 Å². The highest BCUT2D eigenvalue weighted by Gasteiger charge is 2.41. The van der Waals surface area contributed by atoms with Crippen molar-refractivity contribution in [2.75, 3.05) is 20.8 Å². The van der Waals surface area contributed by atoms with Crippen LogP contribution in [0.1, 0.15) is 38.6 Å². The summed E-state index contributed by atoms with van der Waals surface area (Å²) < 4.78 is 10.5. The summed E-state index contributed by atoms with van der Waals surface area (Å²) in [6.07, 6.45) is 2.00. The molecule has 3 aromatic rings. The molecule has 2 heterocycles. The molecule has 176 valence electrons. The quantitative estimate of drug-likeness (QED) is 0.425. The Bertz CT molecular complexity index is 1140. The minimum Gasteiger partial charge on any atom is -0.491 e. The molecule has 0 bridgehead atoms. The fourth-order valence-electron chi connectivity index (χ4n) is 4.26. The van der Waals surface area contributed by atoms with Gasteiger partial charge in [-0.3, -0.25) is 9.59 Å². The maximum absolute atomic E-state index is 13.4. The number of amides is 2. The predicted octanol–water partition coefficient (Wildman–Crippen LogP) is 4.09. The number of methoxy groups -OCH3 is 2. The number of nitrogens with zero attached hydrogens (tertiary/aromatic N) is 2. The summed E-state index contributed by atoms with van der Waals surface area (Å²) in [5.74, 6) is -0.0714. The van der Waals surface area contributed by atoms with Gasteiger partial charge in [0.15, 0.2) is 5.75 Å². The second kappa shape index (κ2) is 10.6. The molecular formula is C26H26ClN3O4. The van der Waals surface area contributed by atoms with Gasteiger partial charge < -0.3 is 19.7 Å². The highest BCUT2D eigenvalue weighted by molar-refractivity contribution is 6.22. The average molecular weight is 480 g/mol. The van der Waals surface area contributed by atoms with Crippen LogP contribution in [-0.2, 0) is 0 Å². The van der Waals surface area contributed by atoms with Gasteiger partial charge in [-0.25, -0.2) is 4.98 Å². The van der Waals surface area contributed by atoms with Crippen LogP contribution in [-0.4, -0.2) is 54.0 Å². The molecule has 1 N–H and O–H groups in total. The lowest BCUT2D eigenvalue weighted by molar-refractivity contribution is 0.0626. The molecule has 4 rings (SSSR count). The number of likely N-dealkylation sites (tertiary alicyclic amines) is 1. The number of alkyl halides is 1. The minimum absolute atomic E-state index is 0.167. The van der Waals surface area contributed by atoms with E-state index >= 15 is 0 Å². The van der Waals surface area contributed by atoms with E-state index < -0.39 is 5.50 Å². The van der Waals surface area contributed by atoms with Gasteiger partial charge in [0, 0.05) is 36.3 Å². The molecular weight excluding hydrogens is 454 g/mol. The molecule has 1 fully saturated rings. The number of nitrogens with one attached hydrogen (secondary N) is 1. The van der Waals surface area contributed by atoms with Gasteiger partial charge in [0.1, 0.15) is 5.50 Å². The van der Waals surface area contributed by atoms with Crippen LogP contribution in [0.25, 0.3) is 0 Å². The van der Waals surface area contributed by atoms with Gasteiger partial charge in [0.05, 0.1) is 19.8 Å². The zero-order valence-electron chi connectivity index (χ0n) is 19.0. The number of hydrogen-bond donors (Lipinski definition) is 1. The maximum Gasteiger partial charge on any atom is 0.256 e. The summed E-state index contributed by atoms with van der Waals surface area (Å²) in [6.45, 7) is 0.379. The molecule has 1 unspecified atom stereocenters. The Labute approximate surface area is 203 Å². The molecule has 8 heteroatoms. The van der Waals surface area contributed by atoms with Crippen LogP contribution in [0.4, 0.5) is 0 Å². The molecule has 0 aliphatic carbocycles. The Morgan fingerprint density at radius 2 is 1.68 bits per heavy atom. The van der Waals surface area contributed by atoms with Gasteiger partial charge in [-0.1, -0.05) is 60.1 Å². The molecule has 7 nitrogen and oxygen atoms in total. The number of rotatable bonds is 6. The highest BCUT2D eigenvalue weighted by Crippen LogP contribution is 2.37. The van der Waals surface area contributed by atoms with Crippen molar-refractivity contribution in [2.45, 2.75) is 23.9 Å². The van der Waals surface area contributed by atoms with Gasteiger partial charge in [-0.2, -0.15) is 0 Å². The monoisotopic (exact) mass is 479 g/mol. The normalized spacial score (nSPS) is 19.9. The molecule has 1 aliphatic rings. The Kier molecular flexibility index (Phi) is 7.33. The second-order valence-corrected chi connectivity index (χ2v) is 8.43. The van der Waals surface area contributed by atoms with Crippen LogP contribution >= 0.6 is 11.6 Å². The first-order valence-electron chi connectivity index (χ1n) is 11.0. The zero-order valence-corrected chi connectivity index (χ0v) is 19.7. The topological polar surface area (TPSA) is 80.8 Å². The Morgan fingerprint density at radius 1 is 1.00 bits per heavy atom. The van der Waals surface area contributed by atoms with Crippen molar-refractivity contribution in [1.29, 1.82) is 0 Å². The minimum atomic E-state index is -0.683. The first-order valence-corrected chi connectivity index (χ1v) is 11.4. The van der Waals surface area contributed by atoms with E-state index in [-0.39, 0.29) is 23.8 Å². The third-order valence-corrected chi connectivity index (χ3v) is 6.49.